The van der Waals surface area contributed by atoms with Crippen LogP contribution in [0, 0.1) is 0 Å². The molecule has 0 fully saturated rings. The van der Waals surface area contributed by atoms with Gasteiger partial charge in [-0.15, -0.1) is 0 Å². The highest BCUT2D eigenvalue weighted by molar-refractivity contribution is 6.38. The molecule has 0 atom stereocenters. The molecular weight excluding hydrogens is 200 g/mol. The van der Waals surface area contributed by atoms with E-state index in [0.717, 1.165) is 0 Å². The Labute approximate surface area is 87.8 Å². The van der Waals surface area contributed by atoms with E-state index in [1.807, 2.05) is 0 Å². The summed E-state index contributed by atoms with van der Waals surface area (Å²) in [6.45, 7) is 2.25. The Morgan fingerprint density at radius 1 is 0.733 bits per heavy atom. The topological polar surface area (TPSA) is 77.5 Å². The van der Waals surface area contributed by atoms with Crippen molar-refractivity contribution in [2.75, 3.05) is 13.2 Å². The van der Waals surface area contributed by atoms with Gasteiger partial charge in [0.05, 0.1) is 0 Å². The lowest BCUT2D eigenvalue weighted by Gasteiger charge is -2.00. The molecule has 0 saturated heterocycles. The van der Waals surface area contributed by atoms with Gasteiger partial charge in [0.2, 0.25) is 23.1 Å². The molecule has 0 bridgehead atoms. The number of hydrogen-bond donors (Lipinski definition) is 0. The first-order valence-corrected chi connectivity index (χ1v) is 4.72. The summed E-state index contributed by atoms with van der Waals surface area (Å²) in [6, 6.07) is 0. The van der Waals surface area contributed by atoms with Crippen molar-refractivity contribution in [3.63, 3.8) is 0 Å². The summed E-state index contributed by atoms with van der Waals surface area (Å²) in [6.07, 6.45) is 0.230. The molecule has 0 spiro atoms. The molecule has 0 aromatic rings. The molecule has 0 amide bonds. The SMILES string of the molecule is CCC(=O)C(=O)COCC(=O)C(=O)CC. The predicted octanol–water partition coefficient (Wildman–Crippen LogP) is 0.0994. The maximum Gasteiger partial charge on any atom is 0.223 e. The second-order valence-corrected chi connectivity index (χ2v) is 2.89. The first-order chi connectivity index (χ1) is 7.02. The zero-order valence-corrected chi connectivity index (χ0v) is 8.87. The molecule has 15 heavy (non-hydrogen) atoms. The van der Waals surface area contributed by atoms with Gasteiger partial charge in [-0.3, -0.25) is 19.2 Å². The maximum absolute atomic E-state index is 10.9. The Bertz CT molecular complexity index is 252. The monoisotopic (exact) mass is 214 g/mol. The van der Waals surface area contributed by atoms with Gasteiger partial charge in [-0.2, -0.15) is 0 Å². The summed E-state index contributed by atoms with van der Waals surface area (Å²) in [4.78, 5) is 43.4. The molecule has 0 aliphatic heterocycles. The summed E-state index contributed by atoms with van der Waals surface area (Å²) < 4.78 is 4.66. The van der Waals surface area contributed by atoms with Crippen LogP contribution in [0.2, 0.25) is 0 Å². The van der Waals surface area contributed by atoms with Crippen LogP contribution in [0.25, 0.3) is 0 Å². The molecule has 0 aliphatic carbocycles. The van der Waals surface area contributed by atoms with Gasteiger partial charge in [0.25, 0.3) is 0 Å². The summed E-state index contributed by atoms with van der Waals surface area (Å²) >= 11 is 0. The van der Waals surface area contributed by atoms with Crippen molar-refractivity contribution in [3.8, 4) is 0 Å². The van der Waals surface area contributed by atoms with Crippen molar-refractivity contribution in [2.24, 2.45) is 0 Å². The zero-order valence-electron chi connectivity index (χ0n) is 8.87. The molecule has 5 heteroatoms. The van der Waals surface area contributed by atoms with Gasteiger partial charge in [0, 0.05) is 12.8 Å². The van der Waals surface area contributed by atoms with Crippen LogP contribution in [0.1, 0.15) is 26.7 Å². The van der Waals surface area contributed by atoms with E-state index in [1.54, 1.807) is 13.8 Å². The van der Waals surface area contributed by atoms with Crippen LogP contribution in [0.15, 0.2) is 0 Å². The Kier molecular flexibility index (Phi) is 6.37. The van der Waals surface area contributed by atoms with Gasteiger partial charge < -0.3 is 4.74 Å². The first kappa shape index (κ1) is 13.6. The van der Waals surface area contributed by atoms with E-state index in [4.69, 9.17) is 0 Å². The summed E-state index contributed by atoms with van der Waals surface area (Å²) in [5, 5.41) is 0. The second-order valence-electron chi connectivity index (χ2n) is 2.89. The molecule has 0 heterocycles. The van der Waals surface area contributed by atoms with Gasteiger partial charge in [-0.05, 0) is 0 Å². The molecule has 0 aromatic heterocycles. The van der Waals surface area contributed by atoms with E-state index in [9.17, 15) is 19.2 Å². The van der Waals surface area contributed by atoms with Gasteiger partial charge in [0.1, 0.15) is 13.2 Å². The lowest BCUT2D eigenvalue weighted by molar-refractivity contribution is -0.143. The maximum atomic E-state index is 10.9. The van der Waals surface area contributed by atoms with Crippen molar-refractivity contribution in [1.82, 2.24) is 0 Å². The average molecular weight is 214 g/mol. The third kappa shape index (κ3) is 5.17. The third-order valence-electron chi connectivity index (χ3n) is 1.73. The molecule has 0 aromatic carbocycles. The molecule has 5 nitrogen and oxygen atoms in total. The van der Waals surface area contributed by atoms with Crippen LogP contribution in [0.4, 0.5) is 0 Å². The standard InChI is InChI=1S/C10H14O5/c1-3-7(11)9(13)5-15-6-10(14)8(12)4-2/h3-6H2,1-2H3. The van der Waals surface area contributed by atoms with E-state index in [2.05, 4.69) is 4.74 Å². The highest BCUT2D eigenvalue weighted by atomic mass is 16.5. The Hall–Kier alpha value is -1.36. The molecule has 0 saturated carbocycles. The lowest BCUT2D eigenvalue weighted by Crippen LogP contribution is -2.24. The lowest BCUT2D eigenvalue weighted by atomic mass is 10.2. The molecule has 0 rings (SSSR count). The molecule has 84 valence electrons. The van der Waals surface area contributed by atoms with E-state index >= 15 is 0 Å². The summed E-state index contributed by atoms with van der Waals surface area (Å²) in [5.41, 5.74) is 0. The number of carbonyl (C=O) groups excluding carboxylic acids is 4. The van der Waals surface area contributed by atoms with E-state index < -0.39 is 36.3 Å². The van der Waals surface area contributed by atoms with Gasteiger partial charge in [0.15, 0.2) is 0 Å². The van der Waals surface area contributed by atoms with Crippen molar-refractivity contribution in [2.45, 2.75) is 26.7 Å². The molecular formula is C10H14O5. The van der Waals surface area contributed by atoms with Crippen molar-refractivity contribution < 1.29 is 23.9 Å². The Balaban J connectivity index is 3.80. The molecule has 0 unspecified atom stereocenters. The highest BCUT2D eigenvalue weighted by Crippen LogP contribution is 1.89. The van der Waals surface area contributed by atoms with Crippen LogP contribution in [0.5, 0.6) is 0 Å². The molecule has 0 N–H and O–H groups in total. The van der Waals surface area contributed by atoms with Crippen LogP contribution in [-0.4, -0.2) is 36.3 Å². The van der Waals surface area contributed by atoms with Gasteiger partial charge >= 0.3 is 0 Å². The number of Topliss-reactive ketones (excluding diaryl/α,β-unsaturated/α-hetero) is 4. The number of hydrogen-bond acceptors (Lipinski definition) is 5. The van der Waals surface area contributed by atoms with E-state index in [1.165, 1.54) is 0 Å². The minimum absolute atomic E-state index is 0.115. The van der Waals surface area contributed by atoms with Crippen LogP contribution in [0.3, 0.4) is 0 Å². The van der Waals surface area contributed by atoms with E-state index in [0.29, 0.717) is 0 Å². The largest absolute Gasteiger partial charge is 0.365 e. The van der Waals surface area contributed by atoms with Crippen molar-refractivity contribution in [1.29, 1.82) is 0 Å². The second kappa shape index (κ2) is 7.00. The fourth-order valence-corrected chi connectivity index (χ4v) is 0.792. The summed E-state index contributed by atoms with van der Waals surface area (Å²) in [5.74, 6) is -2.42. The minimum atomic E-state index is -0.672. The third-order valence-corrected chi connectivity index (χ3v) is 1.73. The van der Waals surface area contributed by atoms with Crippen LogP contribution >= 0.6 is 0 Å². The molecule has 0 radical (unpaired) electrons. The predicted molar refractivity (Wildman–Crippen MR) is 51.4 cm³/mol. The normalized spacial score (nSPS) is 9.73. The number of ether oxygens (including phenoxy) is 1. The van der Waals surface area contributed by atoms with Gasteiger partial charge in [-0.1, -0.05) is 13.8 Å². The fourth-order valence-electron chi connectivity index (χ4n) is 0.792. The Morgan fingerprint density at radius 2 is 1.07 bits per heavy atom. The minimum Gasteiger partial charge on any atom is -0.365 e. The fraction of sp³-hybridized carbons (Fsp3) is 0.600. The first-order valence-electron chi connectivity index (χ1n) is 4.72. The zero-order chi connectivity index (χ0) is 11.8. The quantitative estimate of drug-likeness (QED) is 0.535. The summed E-state index contributed by atoms with van der Waals surface area (Å²) in [7, 11) is 0. The number of rotatable bonds is 8. The van der Waals surface area contributed by atoms with Crippen LogP contribution < -0.4 is 0 Å². The van der Waals surface area contributed by atoms with Gasteiger partial charge in [-0.25, -0.2) is 0 Å². The van der Waals surface area contributed by atoms with E-state index in [-0.39, 0.29) is 12.8 Å². The smallest absolute Gasteiger partial charge is 0.223 e. The van der Waals surface area contributed by atoms with Crippen molar-refractivity contribution >= 4 is 23.1 Å². The molecule has 0 aliphatic rings. The van der Waals surface area contributed by atoms with Crippen LogP contribution in [-0.2, 0) is 23.9 Å². The highest BCUT2D eigenvalue weighted by Gasteiger charge is 2.14. The number of ketones is 4. The Morgan fingerprint density at radius 3 is 1.33 bits per heavy atom. The number of carbonyl (C=O) groups is 4. The van der Waals surface area contributed by atoms with Crippen molar-refractivity contribution in [3.05, 3.63) is 0 Å². The average Bonchev–Trinajstić information content (AvgIpc) is 2.26.